The Morgan fingerprint density at radius 2 is 1.68 bits per heavy atom. The van der Waals surface area contributed by atoms with Gasteiger partial charge >= 0.3 is 12.1 Å². The number of carboxylic acids is 1. The van der Waals surface area contributed by atoms with Gasteiger partial charge in [-0.05, 0) is 47.2 Å². The first kappa shape index (κ1) is 26.1. The molecule has 0 saturated carbocycles. The lowest BCUT2D eigenvalue weighted by atomic mass is 9.94. The molecule has 0 saturated heterocycles. The number of nitrogens with zero attached hydrogens (tertiary/aromatic N) is 2. The number of carbonyl (C=O) groups is 1. The van der Waals surface area contributed by atoms with Crippen LogP contribution in [0.5, 0.6) is 0 Å². The highest BCUT2D eigenvalue weighted by atomic mass is 19.4. The van der Waals surface area contributed by atoms with E-state index in [9.17, 15) is 23.1 Å². The van der Waals surface area contributed by atoms with Gasteiger partial charge in [-0.3, -0.25) is 4.79 Å². The predicted molar refractivity (Wildman–Crippen MR) is 133 cm³/mol. The number of rotatable bonds is 8. The van der Waals surface area contributed by atoms with Crippen molar-refractivity contribution in [2.75, 3.05) is 0 Å². The number of nitrogens with one attached hydrogen (secondary N) is 1. The van der Waals surface area contributed by atoms with Crippen LogP contribution in [0.4, 0.5) is 13.2 Å². The SMILES string of the molecule is Cc1ccccc1-c1ccc(-c2nc(-c3ccc(CNC(C(=O)O)C(C)C)cc3)no2)cc1C(F)(F)F. The highest BCUT2D eigenvalue weighted by Gasteiger charge is 2.34. The second-order valence-corrected chi connectivity index (χ2v) is 9.13. The van der Waals surface area contributed by atoms with Gasteiger partial charge in [0.25, 0.3) is 5.89 Å². The standard InChI is InChI=1S/C28H26F3N3O3/c1-16(2)24(27(35)36)32-15-18-8-10-19(11-9-18)25-33-26(37-34-25)20-12-13-22(23(14-20)28(29,30)31)21-7-5-4-6-17(21)3/h4-14,16,24,32H,15H2,1-3H3,(H,35,36). The molecule has 3 aromatic carbocycles. The highest BCUT2D eigenvalue weighted by Crippen LogP contribution is 2.40. The number of hydrogen-bond donors (Lipinski definition) is 2. The molecule has 4 rings (SSSR count). The Morgan fingerprint density at radius 3 is 2.30 bits per heavy atom. The maximum Gasteiger partial charge on any atom is 0.417 e. The fraction of sp³-hybridized carbons (Fsp3) is 0.250. The molecule has 0 bridgehead atoms. The third-order valence-corrected chi connectivity index (χ3v) is 6.10. The lowest BCUT2D eigenvalue weighted by molar-refractivity contribution is -0.140. The molecule has 4 aromatic rings. The van der Waals surface area contributed by atoms with Crippen molar-refractivity contribution in [1.29, 1.82) is 0 Å². The van der Waals surface area contributed by atoms with Gasteiger partial charge in [0.1, 0.15) is 6.04 Å². The molecule has 0 aliphatic heterocycles. The number of carboxylic acid groups (broad SMARTS) is 1. The van der Waals surface area contributed by atoms with E-state index in [0.717, 1.165) is 17.2 Å². The summed E-state index contributed by atoms with van der Waals surface area (Å²) in [5.74, 6) is -0.773. The molecule has 0 fully saturated rings. The van der Waals surface area contributed by atoms with Gasteiger partial charge in [0.2, 0.25) is 5.82 Å². The summed E-state index contributed by atoms with van der Waals surface area (Å²) in [6.07, 6.45) is -4.57. The number of aliphatic carboxylic acids is 1. The van der Waals surface area contributed by atoms with Gasteiger partial charge in [-0.2, -0.15) is 18.2 Å². The van der Waals surface area contributed by atoms with E-state index in [1.165, 1.54) is 12.1 Å². The summed E-state index contributed by atoms with van der Waals surface area (Å²) in [4.78, 5) is 15.7. The number of benzene rings is 3. The molecule has 0 aliphatic carbocycles. The zero-order valence-corrected chi connectivity index (χ0v) is 20.5. The van der Waals surface area contributed by atoms with Gasteiger partial charge in [-0.15, -0.1) is 0 Å². The maximum absolute atomic E-state index is 14.0. The Balaban J connectivity index is 1.57. The Hall–Kier alpha value is -3.98. The van der Waals surface area contributed by atoms with E-state index >= 15 is 0 Å². The summed E-state index contributed by atoms with van der Waals surface area (Å²) < 4.78 is 47.2. The fourth-order valence-electron chi connectivity index (χ4n) is 4.09. The van der Waals surface area contributed by atoms with Crippen molar-refractivity contribution in [3.05, 3.63) is 83.4 Å². The van der Waals surface area contributed by atoms with E-state index < -0.39 is 23.8 Å². The van der Waals surface area contributed by atoms with Crippen molar-refractivity contribution < 1.29 is 27.6 Å². The molecule has 37 heavy (non-hydrogen) atoms. The van der Waals surface area contributed by atoms with Gasteiger partial charge in [0, 0.05) is 17.7 Å². The van der Waals surface area contributed by atoms with Gasteiger partial charge in [0.05, 0.1) is 5.56 Å². The van der Waals surface area contributed by atoms with E-state index in [-0.39, 0.29) is 28.8 Å². The molecular weight excluding hydrogens is 483 g/mol. The first-order valence-electron chi connectivity index (χ1n) is 11.7. The van der Waals surface area contributed by atoms with E-state index in [1.807, 2.05) is 13.8 Å². The molecule has 6 nitrogen and oxygen atoms in total. The van der Waals surface area contributed by atoms with Crippen LogP contribution >= 0.6 is 0 Å². The zero-order valence-electron chi connectivity index (χ0n) is 20.5. The largest absolute Gasteiger partial charge is 0.480 e. The van der Waals surface area contributed by atoms with Crippen LogP contribution < -0.4 is 5.32 Å². The van der Waals surface area contributed by atoms with Crippen LogP contribution in [0.2, 0.25) is 0 Å². The quantitative estimate of drug-likeness (QED) is 0.278. The van der Waals surface area contributed by atoms with Gasteiger partial charge < -0.3 is 14.9 Å². The zero-order chi connectivity index (χ0) is 26.7. The number of hydrogen-bond acceptors (Lipinski definition) is 5. The molecule has 1 aromatic heterocycles. The smallest absolute Gasteiger partial charge is 0.417 e. The first-order valence-corrected chi connectivity index (χ1v) is 11.7. The average Bonchev–Trinajstić information content (AvgIpc) is 3.34. The second-order valence-electron chi connectivity index (χ2n) is 9.13. The highest BCUT2D eigenvalue weighted by molar-refractivity contribution is 5.75. The Kier molecular flexibility index (Phi) is 7.45. The van der Waals surface area contributed by atoms with E-state index in [2.05, 4.69) is 15.5 Å². The minimum absolute atomic E-state index is 0.0242. The van der Waals surface area contributed by atoms with Crippen LogP contribution in [0.15, 0.2) is 71.3 Å². The molecule has 2 N–H and O–H groups in total. The molecule has 9 heteroatoms. The van der Waals surface area contributed by atoms with Crippen LogP contribution in [-0.2, 0) is 17.5 Å². The van der Waals surface area contributed by atoms with Gasteiger partial charge in [-0.1, -0.05) is 73.6 Å². The van der Waals surface area contributed by atoms with Crippen molar-refractivity contribution in [1.82, 2.24) is 15.5 Å². The van der Waals surface area contributed by atoms with Gasteiger partial charge in [-0.25, -0.2) is 0 Å². The van der Waals surface area contributed by atoms with Gasteiger partial charge in [0.15, 0.2) is 0 Å². The normalized spacial score (nSPS) is 12.6. The summed E-state index contributed by atoms with van der Waals surface area (Å²) in [6, 6.07) is 17.3. The van der Waals surface area contributed by atoms with E-state index in [4.69, 9.17) is 4.52 Å². The van der Waals surface area contributed by atoms with Crippen LogP contribution in [0.1, 0.15) is 30.5 Å². The van der Waals surface area contributed by atoms with Crippen molar-refractivity contribution in [2.45, 2.75) is 39.5 Å². The fourth-order valence-corrected chi connectivity index (χ4v) is 4.09. The minimum atomic E-state index is -4.57. The molecule has 1 heterocycles. The number of halogens is 3. The van der Waals surface area contributed by atoms with E-state index in [0.29, 0.717) is 17.7 Å². The van der Waals surface area contributed by atoms with Crippen molar-refractivity contribution in [3.8, 4) is 34.0 Å². The summed E-state index contributed by atoms with van der Waals surface area (Å²) >= 11 is 0. The Labute approximate surface area is 212 Å². The van der Waals surface area contributed by atoms with Crippen LogP contribution in [0.25, 0.3) is 34.0 Å². The second kappa shape index (κ2) is 10.6. The third-order valence-electron chi connectivity index (χ3n) is 6.10. The number of alkyl halides is 3. The van der Waals surface area contributed by atoms with Crippen molar-refractivity contribution in [2.24, 2.45) is 5.92 Å². The van der Waals surface area contributed by atoms with Crippen molar-refractivity contribution in [3.63, 3.8) is 0 Å². The summed E-state index contributed by atoms with van der Waals surface area (Å²) in [5, 5.41) is 16.3. The Morgan fingerprint density at radius 1 is 1.00 bits per heavy atom. The lowest BCUT2D eigenvalue weighted by Gasteiger charge is -2.17. The average molecular weight is 510 g/mol. The topological polar surface area (TPSA) is 88.2 Å². The Bertz CT molecular complexity index is 1400. The maximum atomic E-state index is 14.0. The number of aromatic nitrogens is 2. The monoisotopic (exact) mass is 509 g/mol. The van der Waals surface area contributed by atoms with Crippen molar-refractivity contribution >= 4 is 5.97 Å². The molecular formula is C28H26F3N3O3. The lowest BCUT2D eigenvalue weighted by Crippen LogP contribution is -2.40. The molecule has 192 valence electrons. The third kappa shape index (κ3) is 5.89. The molecule has 0 amide bonds. The molecule has 1 unspecified atom stereocenters. The summed E-state index contributed by atoms with van der Waals surface area (Å²) in [5.41, 5.74) is 2.19. The summed E-state index contributed by atoms with van der Waals surface area (Å²) in [7, 11) is 0. The van der Waals surface area contributed by atoms with Crippen LogP contribution in [-0.4, -0.2) is 27.3 Å². The predicted octanol–water partition coefficient (Wildman–Crippen LogP) is 6.60. The molecule has 1 atom stereocenters. The minimum Gasteiger partial charge on any atom is -0.480 e. The van der Waals surface area contributed by atoms with Crippen LogP contribution in [0.3, 0.4) is 0 Å². The van der Waals surface area contributed by atoms with E-state index in [1.54, 1.807) is 55.5 Å². The van der Waals surface area contributed by atoms with Crippen LogP contribution in [0, 0.1) is 12.8 Å². The number of aryl methyl sites for hydroxylation is 1. The first-order chi connectivity index (χ1) is 17.5. The molecule has 0 aliphatic rings. The molecule has 0 spiro atoms. The summed E-state index contributed by atoms with van der Waals surface area (Å²) in [6.45, 7) is 5.79. The molecule has 0 radical (unpaired) electrons.